The lowest BCUT2D eigenvalue weighted by molar-refractivity contribution is 0.235. The first-order valence-corrected chi connectivity index (χ1v) is 7.88. The molecule has 2 unspecified atom stereocenters. The largest absolute Gasteiger partial charge is 0.392 e. The van der Waals surface area contributed by atoms with E-state index in [1.54, 1.807) is 0 Å². The van der Waals surface area contributed by atoms with Gasteiger partial charge in [-0.2, -0.15) is 0 Å². The molecule has 0 radical (unpaired) electrons. The third-order valence-electron chi connectivity index (χ3n) is 4.16. The average molecular weight is 312 g/mol. The molecule has 2 amide bonds. The molecule has 0 saturated carbocycles. The van der Waals surface area contributed by atoms with Crippen LogP contribution in [-0.2, 0) is 13.2 Å². The zero-order chi connectivity index (χ0) is 16.7. The van der Waals surface area contributed by atoms with Gasteiger partial charge in [0.25, 0.3) is 0 Å². The number of aliphatic hydroxyl groups is 1. The minimum Gasteiger partial charge on any atom is -0.392 e. The third kappa shape index (κ3) is 4.83. The van der Waals surface area contributed by atoms with Crippen molar-refractivity contribution in [2.75, 3.05) is 0 Å². The first-order chi connectivity index (χ1) is 11.1. The van der Waals surface area contributed by atoms with Crippen LogP contribution in [0, 0.1) is 0 Å². The summed E-state index contributed by atoms with van der Waals surface area (Å²) in [5.41, 5.74) is 2.96. The molecule has 122 valence electrons. The Bertz CT molecular complexity index is 628. The molecular formula is C19H24N2O2. The molecule has 2 rings (SSSR count). The van der Waals surface area contributed by atoms with Crippen LogP contribution in [0.5, 0.6) is 0 Å². The van der Waals surface area contributed by atoms with Crippen molar-refractivity contribution >= 4 is 6.03 Å². The Hall–Kier alpha value is -2.33. The van der Waals surface area contributed by atoms with Gasteiger partial charge in [0, 0.05) is 18.5 Å². The Morgan fingerprint density at radius 2 is 1.61 bits per heavy atom. The van der Waals surface area contributed by atoms with Gasteiger partial charge in [0.1, 0.15) is 0 Å². The fourth-order valence-corrected chi connectivity index (χ4v) is 2.49. The van der Waals surface area contributed by atoms with Gasteiger partial charge in [-0.3, -0.25) is 0 Å². The van der Waals surface area contributed by atoms with E-state index in [-0.39, 0.29) is 24.6 Å². The van der Waals surface area contributed by atoms with Crippen LogP contribution in [0.4, 0.5) is 4.79 Å². The molecule has 4 nitrogen and oxygen atoms in total. The van der Waals surface area contributed by atoms with Crippen LogP contribution in [0.2, 0.25) is 0 Å². The first kappa shape index (κ1) is 17.0. The van der Waals surface area contributed by atoms with Crippen molar-refractivity contribution in [3.05, 3.63) is 71.3 Å². The summed E-state index contributed by atoms with van der Waals surface area (Å²) in [7, 11) is 0. The lowest BCUT2D eigenvalue weighted by atomic mass is 9.95. The number of hydrogen-bond donors (Lipinski definition) is 3. The van der Waals surface area contributed by atoms with Crippen LogP contribution in [-0.4, -0.2) is 17.2 Å². The highest BCUT2D eigenvalue weighted by Gasteiger charge is 2.16. The second-order valence-corrected chi connectivity index (χ2v) is 5.74. The van der Waals surface area contributed by atoms with Gasteiger partial charge < -0.3 is 15.7 Å². The van der Waals surface area contributed by atoms with Crippen molar-refractivity contribution in [1.29, 1.82) is 0 Å². The standard InChI is InChI=1S/C19H24N2O2/c1-14(16-8-4-3-5-9-16)15(2)21-19(23)20-12-17-10-6-7-11-18(17)13-22/h3-11,14-15,22H,12-13H2,1-2H3,(H2,20,21,23). The number of hydrogen-bond acceptors (Lipinski definition) is 2. The van der Waals surface area contributed by atoms with E-state index < -0.39 is 0 Å². The highest BCUT2D eigenvalue weighted by atomic mass is 16.3. The summed E-state index contributed by atoms with van der Waals surface area (Å²) in [5.74, 6) is 0.228. The quantitative estimate of drug-likeness (QED) is 0.767. The Kier molecular flexibility index (Phi) is 6.18. The zero-order valence-corrected chi connectivity index (χ0v) is 13.6. The van der Waals surface area contributed by atoms with Crippen LogP contribution >= 0.6 is 0 Å². The van der Waals surface area contributed by atoms with Gasteiger partial charge in [0.2, 0.25) is 0 Å². The Labute approximate surface area is 137 Å². The zero-order valence-electron chi connectivity index (χ0n) is 13.6. The Morgan fingerprint density at radius 1 is 1.00 bits per heavy atom. The molecule has 0 aromatic heterocycles. The van der Waals surface area contributed by atoms with Crippen LogP contribution in [0.3, 0.4) is 0 Å². The second-order valence-electron chi connectivity index (χ2n) is 5.74. The molecule has 4 heteroatoms. The molecular weight excluding hydrogens is 288 g/mol. The predicted molar refractivity (Wildman–Crippen MR) is 92.1 cm³/mol. The van der Waals surface area contributed by atoms with Crippen LogP contribution in [0.1, 0.15) is 36.5 Å². The lowest BCUT2D eigenvalue weighted by Crippen LogP contribution is -2.42. The third-order valence-corrected chi connectivity index (χ3v) is 4.16. The normalized spacial score (nSPS) is 13.2. The Morgan fingerprint density at radius 3 is 2.26 bits per heavy atom. The summed E-state index contributed by atoms with van der Waals surface area (Å²) in [5, 5.41) is 15.1. The molecule has 23 heavy (non-hydrogen) atoms. The monoisotopic (exact) mass is 312 g/mol. The molecule has 0 saturated heterocycles. The van der Waals surface area contributed by atoms with Gasteiger partial charge in [0.15, 0.2) is 0 Å². The molecule has 0 bridgehead atoms. The molecule has 2 aromatic carbocycles. The van der Waals surface area contributed by atoms with E-state index in [2.05, 4.69) is 29.7 Å². The number of carbonyl (C=O) groups excluding carboxylic acids is 1. The number of rotatable bonds is 6. The molecule has 0 spiro atoms. The van der Waals surface area contributed by atoms with Crippen molar-refractivity contribution < 1.29 is 9.90 Å². The molecule has 2 aromatic rings. The summed E-state index contributed by atoms with van der Waals surface area (Å²) < 4.78 is 0. The fraction of sp³-hybridized carbons (Fsp3) is 0.316. The van der Waals surface area contributed by atoms with E-state index in [9.17, 15) is 9.90 Å². The number of amides is 2. The minimum absolute atomic E-state index is 0.0190. The van der Waals surface area contributed by atoms with E-state index in [0.717, 1.165) is 11.1 Å². The summed E-state index contributed by atoms with van der Waals surface area (Å²) in [6, 6.07) is 17.5. The van der Waals surface area contributed by atoms with E-state index in [0.29, 0.717) is 6.54 Å². The highest BCUT2D eigenvalue weighted by Crippen LogP contribution is 2.18. The van der Waals surface area contributed by atoms with Crippen molar-refractivity contribution in [3.63, 3.8) is 0 Å². The molecule has 3 N–H and O–H groups in total. The maximum atomic E-state index is 12.1. The SMILES string of the molecule is CC(NC(=O)NCc1ccccc1CO)C(C)c1ccccc1. The van der Waals surface area contributed by atoms with Gasteiger partial charge in [-0.05, 0) is 23.6 Å². The van der Waals surface area contributed by atoms with Crippen molar-refractivity contribution in [3.8, 4) is 0 Å². The average Bonchev–Trinajstić information content (AvgIpc) is 2.60. The van der Waals surface area contributed by atoms with Gasteiger partial charge in [-0.1, -0.05) is 61.5 Å². The van der Waals surface area contributed by atoms with Crippen molar-refractivity contribution in [2.24, 2.45) is 0 Å². The number of benzene rings is 2. The lowest BCUT2D eigenvalue weighted by Gasteiger charge is -2.22. The van der Waals surface area contributed by atoms with Crippen LogP contribution < -0.4 is 10.6 Å². The molecule has 0 aliphatic heterocycles. The maximum absolute atomic E-state index is 12.1. The van der Waals surface area contributed by atoms with E-state index in [4.69, 9.17) is 0 Å². The summed E-state index contributed by atoms with van der Waals surface area (Å²) in [6.45, 7) is 4.47. The summed E-state index contributed by atoms with van der Waals surface area (Å²) in [4.78, 5) is 12.1. The van der Waals surface area contributed by atoms with Gasteiger partial charge in [-0.25, -0.2) is 4.79 Å². The molecule has 0 aliphatic rings. The minimum atomic E-state index is -0.201. The molecule has 0 aliphatic carbocycles. The predicted octanol–water partition coefficient (Wildman–Crippen LogP) is 3.17. The first-order valence-electron chi connectivity index (χ1n) is 7.88. The topological polar surface area (TPSA) is 61.4 Å². The van der Waals surface area contributed by atoms with E-state index in [1.807, 2.05) is 49.4 Å². The molecule has 0 fully saturated rings. The van der Waals surface area contributed by atoms with E-state index in [1.165, 1.54) is 5.56 Å². The van der Waals surface area contributed by atoms with Crippen LogP contribution in [0.25, 0.3) is 0 Å². The maximum Gasteiger partial charge on any atom is 0.315 e. The van der Waals surface area contributed by atoms with Crippen LogP contribution in [0.15, 0.2) is 54.6 Å². The highest BCUT2D eigenvalue weighted by molar-refractivity contribution is 5.74. The van der Waals surface area contributed by atoms with E-state index >= 15 is 0 Å². The summed E-state index contributed by atoms with van der Waals surface area (Å²) in [6.07, 6.45) is 0. The van der Waals surface area contributed by atoms with Crippen molar-refractivity contribution in [2.45, 2.75) is 39.0 Å². The molecule has 0 heterocycles. The second kappa shape index (κ2) is 8.34. The Balaban J connectivity index is 1.87. The van der Waals surface area contributed by atoms with Gasteiger partial charge in [0.05, 0.1) is 6.61 Å². The van der Waals surface area contributed by atoms with Crippen molar-refractivity contribution in [1.82, 2.24) is 10.6 Å². The van der Waals surface area contributed by atoms with Gasteiger partial charge in [-0.15, -0.1) is 0 Å². The number of aliphatic hydroxyl groups excluding tert-OH is 1. The van der Waals surface area contributed by atoms with Gasteiger partial charge >= 0.3 is 6.03 Å². The molecule has 2 atom stereocenters. The number of carbonyl (C=O) groups is 1. The summed E-state index contributed by atoms with van der Waals surface area (Å²) >= 11 is 0. The number of urea groups is 1. The fourth-order valence-electron chi connectivity index (χ4n) is 2.49. The smallest absolute Gasteiger partial charge is 0.315 e. The number of nitrogens with one attached hydrogen (secondary N) is 2.